The third kappa shape index (κ3) is 5.58. The van der Waals surface area contributed by atoms with Crippen LogP contribution in [0.3, 0.4) is 0 Å². The van der Waals surface area contributed by atoms with Crippen LogP contribution in [-0.4, -0.2) is 32.3 Å². The predicted molar refractivity (Wildman–Crippen MR) is 59.3 cm³/mol. The van der Waals surface area contributed by atoms with Gasteiger partial charge in [-0.1, -0.05) is 6.92 Å². The molecule has 84 valence electrons. The van der Waals surface area contributed by atoms with Crippen LogP contribution in [0.5, 0.6) is 0 Å². The third-order valence-corrected chi connectivity index (χ3v) is 2.81. The molecular formula is C11H24N2O. The molecule has 2 heterocycles. The standard InChI is InChI=1S/C6H13N.C5H11NO/c1-6-3-2-4-7-5-6;6-5-1-3-7-4-2-5/h6-7H,2-5H2,1H3;5H,1-4,6H2/t6-;/m0./s1. The fourth-order valence-corrected chi connectivity index (χ4v) is 1.74. The Morgan fingerprint density at radius 3 is 2.21 bits per heavy atom. The van der Waals surface area contributed by atoms with Crippen LogP contribution >= 0.6 is 0 Å². The number of rotatable bonds is 0. The molecule has 14 heavy (non-hydrogen) atoms. The van der Waals surface area contributed by atoms with Gasteiger partial charge in [0.15, 0.2) is 0 Å². The molecule has 0 amide bonds. The van der Waals surface area contributed by atoms with Gasteiger partial charge < -0.3 is 15.8 Å². The van der Waals surface area contributed by atoms with E-state index in [4.69, 9.17) is 10.5 Å². The van der Waals surface area contributed by atoms with Crippen molar-refractivity contribution in [1.29, 1.82) is 0 Å². The lowest BCUT2D eigenvalue weighted by Gasteiger charge is -2.17. The Labute approximate surface area is 87.4 Å². The molecule has 1 atom stereocenters. The second-order valence-electron chi connectivity index (χ2n) is 4.40. The molecule has 0 bridgehead atoms. The highest BCUT2D eigenvalue weighted by Crippen LogP contribution is 2.06. The minimum Gasteiger partial charge on any atom is -0.381 e. The van der Waals surface area contributed by atoms with Gasteiger partial charge in [0.05, 0.1) is 0 Å². The molecule has 2 aliphatic rings. The van der Waals surface area contributed by atoms with Crippen molar-refractivity contribution in [2.45, 2.75) is 38.6 Å². The quantitative estimate of drug-likeness (QED) is 0.616. The summed E-state index contributed by atoms with van der Waals surface area (Å²) in [6.45, 7) is 6.50. The van der Waals surface area contributed by atoms with E-state index in [1.807, 2.05) is 0 Å². The van der Waals surface area contributed by atoms with Gasteiger partial charge >= 0.3 is 0 Å². The highest BCUT2D eigenvalue weighted by molar-refractivity contribution is 4.63. The zero-order chi connectivity index (χ0) is 10.2. The Bertz CT molecular complexity index is 113. The monoisotopic (exact) mass is 200 g/mol. The lowest BCUT2D eigenvalue weighted by Crippen LogP contribution is -2.28. The lowest BCUT2D eigenvalue weighted by molar-refractivity contribution is 0.0866. The van der Waals surface area contributed by atoms with Gasteiger partial charge in [-0.15, -0.1) is 0 Å². The lowest BCUT2D eigenvalue weighted by atomic mass is 10.0. The normalized spacial score (nSPS) is 29.1. The summed E-state index contributed by atoms with van der Waals surface area (Å²) in [6.07, 6.45) is 4.88. The van der Waals surface area contributed by atoms with Crippen LogP contribution in [0.25, 0.3) is 0 Å². The van der Waals surface area contributed by atoms with Gasteiger partial charge in [0.2, 0.25) is 0 Å². The maximum atomic E-state index is 5.55. The van der Waals surface area contributed by atoms with Crippen LogP contribution < -0.4 is 11.1 Å². The van der Waals surface area contributed by atoms with Crippen LogP contribution in [0.2, 0.25) is 0 Å². The van der Waals surface area contributed by atoms with E-state index in [1.165, 1.54) is 25.9 Å². The SMILES string of the molecule is C[C@H]1CCCNC1.NC1CCOCC1. The summed E-state index contributed by atoms with van der Waals surface area (Å²) >= 11 is 0. The average molecular weight is 200 g/mol. The number of hydrogen-bond acceptors (Lipinski definition) is 3. The number of nitrogens with two attached hydrogens (primary N) is 1. The molecule has 0 aromatic rings. The molecule has 0 aromatic heterocycles. The summed E-state index contributed by atoms with van der Waals surface area (Å²) in [6, 6.07) is 0.411. The van der Waals surface area contributed by atoms with E-state index in [-0.39, 0.29) is 0 Å². The Balaban J connectivity index is 0.000000140. The second-order valence-corrected chi connectivity index (χ2v) is 4.40. The molecule has 2 saturated heterocycles. The van der Waals surface area contributed by atoms with Crippen molar-refractivity contribution in [3.8, 4) is 0 Å². The van der Waals surface area contributed by atoms with Gasteiger partial charge in [-0.3, -0.25) is 0 Å². The van der Waals surface area contributed by atoms with E-state index < -0.39 is 0 Å². The summed E-state index contributed by atoms with van der Waals surface area (Å²) in [4.78, 5) is 0. The van der Waals surface area contributed by atoms with Gasteiger partial charge in [0.25, 0.3) is 0 Å². The minimum atomic E-state index is 0.411. The van der Waals surface area contributed by atoms with E-state index in [2.05, 4.69) is 12.2 Å². The predicted octanol–water partition coefficient (Wildman–Crippen LogP) is 1.13. The minimum absolute atomic E-state index is 0.411. The van der Waals surface area contributed by atoms with Crippen molar-refractivity contribution in [2.75, 3.05) is 26.3 Å². The molecule has 0 radical (unpaired) electrons. The molecular weight excluding hydrogens is 176 g/mol. The second kappa shape index (κ2) is 7.21. The number of nitrogens with one attached hydrogen (secondary N) is 1. The summed E-state index contributed by atoms with van der Waals surface area (Å²) in [5.74, 6) is 0.925. The summed E-state index contributed by atoms with van der Waals surface area (Å²) in [5, 5.41) is 3.33. The number of ether oxygens (including phenoxy) is 1. The maximum Gasteiger partial charge on any atom is 0.0480 e. The molecule has 0 unspecified atom stereocenters. The van der Waals surface area contributed by atoms with E-state index >= 15 is 0 Å². The highest BCUT2D eigenvalue weighted by Gasteiger charge is 2.06. The van der Waals surface area contributed by atoms with Crippen LogP contribution in [-0.2, 0) is 4.74 Å². The highest BCUT2D eigenvalue weighted by atomic mass is 16.5. The van der Waals surface area contributed by atoms with E-state index in [1.54, 1.807) is 0 Å². The molecule has 0 aliphatic carbocycles. The molecule has 2 fully saturated rings. The third-order valence-electron chi connectivity index (χ3n) is 2.81. The fraction of sp³-hybridized carbons (Fsp3) is 1.00. The molecule has 0 saturated carbocycles. The van der Waals surface area contributed by atoms with Crippen molar-refractivity contribution < 1.29 is 4.74 Å². The van der Waals surface area contributed by atoms with Gasteiger partial charge in [0, 0.05) is 19.3 Å². The van der Waals surface area contributed by atoms with Gasteiger partial charge in [-0.25, -0.2) is 0 Å². The molecule has 3 nitrogen and oxygen atoms in total. The van der Waals surface area contributed by atoms with E-state index in [0.29, 0.717) is 6.04 Å². The molecule has 0 aromatic carbocycles. The van der Waals surface area contributed by atoms with Gasteiger partial charge in [0.1, 0.15) is 0 Å². The Hall–Kier alpha value is -0.120. The van der Waals surface area contributed by atoms with E-state index in [9.17, 15) is 0 Å². The zero-order valence-electron chi connectivity index (χ0n) is 9.30. The van der Waals surface area contributed by atoms with Crippen LogP contribution in [0, 0.1) is 5.92 Å². The van der Waals surface area contributed by atoms with Crippen LogP contribution in [0.15, 0.2) is 0 Å². The van der Waals surface area contributed by atoms with Crippen LogP contribution in [0.1, 0.15) is 32.6 Å². The number of piperidine rings is 1. The largest absolute Gasteiger partial charge is 0.381 e. The maximum absolute atomic E-state index is 5.55. The summed E-state index contributed by atoms with van der Waals surface area (Å²) in [5.41, 5.74) is 5.55. The summed E-state index contributed by atoms with van der Waals surface area (Å²) < 4.78 is 5.06. The van der Waals surface area contributed by atoms with Crippen LogP contribution in [0.4, 0.5) is 0 Å². The zero-order valence-corrected chi connectivity index (χ0v) is 9.30. The van der Waals surface area contributed by atoms with Gasteiger partial charge in [-0.2, -0.15) is 0 Å². The average Bonchev–Trinajstić information content (AvgIpc) is 2.21. The Morgan fingerprint density at radius 1 is 1.21 bits per heavy atom. The van der Waals surface area contributed by atoms with Gasteiger partial charge in [-0.05, 0) is 44.7 Å². The number of hydrogen-bond donors (Lipinski definition) is 2. The topological polar surface area (TPSA) is 47.3 Å². The van der Waals surface area contributed by atoms with Crippen molar-refractivity contribution in [3.05, 3.63) is 0 Å². The first-order valence-electron chi connectivity index (χ1n) is 5.83. The molecule has 0 spiro atoms. The molecule has 3 N–H and O–H groups in total. The Kier molecular flexibility index (Phi) is 6.15. The van der Waals surface area contributed by atoms with Crippen molar-refractivity contribution in [1.82, 2.24) is 5.32 Å². The van der Waals surface area contributed by atoms with Crippen molar-refractivity contribution in [2.24, 2.45) is 11.7 Å². The van der Waals surface area contributed by atoms with Crippen molar-refractivity contribution >= 4 is 0 Å². The first kappa shape index (κ1) is 12.0. The first-order chi connectivity index (χ1) is 6.79. The fourth-order valence-electron chi connectivity index (χ4n) is 1.74. The molecule has 3 heteroatoms. The van der Waals surface area contributed by atoms with E-state index in [0.717, 1.165) is 32.0 Å². The smallest absolute Gasteiger partial charge is 0.0480 e. The Morgan fingerprint density at radius 2 is 1.93 bits per heavy atom. The summed E-state index contributed by atoms with van der Waals surface area (Å²) in [7, 11) is 0. The molecule has 2 aliphatic heterocycles. The first-order valence-corrected chi connectivity index (χ1v) is 5.83. The van der Waals surface area contributed by atoms with Crippen molar-refractivity contribution in [3.63, 3.8) is 0 Å². The molecule has 2 rings (SSSR count).